The molecule has 0 spiro atoms. The van der Waals surface area contributed by atoms with E-state index in [1.807, 2.05) is 24.3 Å². The number of aliphatic hydroxyl groups excluding tert-OH is 1. The van der Waals surface area contributed by atoms with Crippen molar-refractivity contribution in [1.29, 1.82) is 0 Å². The molecule has 0 radical (unpaired) electrons. The Balaban J connectivity index is 1.88. The van der Waals surface area contributed by atoms with Crippen LogP contribution in [0.5, 0.6) is 0 Å². The number of nitrogens with two attached hydrogens (primary N) is 1. The third kappa shape index (κ3) is 3.58. The summed E-state index contributed by atoms with van der Waals surface area (Å²) in [4.78, 5) is 12.0. The monoisotopic (exact) mass is 276 g/mol. The highest BCUT2D eigenvalue weighted by molar-refractivity contribution is 5.76. The molecule has 0 heterocycles. The molecule has 0 fully saturated rings. The Bertz CT molecular complexity index is 462. The van der Waals surface area contributed by atoms with E-state index in [2.05, 4.69) is 12.2 Å². The van der Waals surface area contributed by atoms with Gasteiger partial charge in [0.05, 0.1) is 12.1 Å². The van der Waals surface area contributed by atoms with E-state index in [0.29, 0.717) is 25.3 Å². The van der Waals surface area contributed by atoms with E-state index >= 15 is 0 Å². The normalized spacial score (nSPS) is 22.4. The van der Waals surface area contributed by atoms with Crippen molar-refractivity contribution in [2.75, 3.05) is 6.54 Å². The second kappa shape index (κ2) is 6.86. The molecule has 4 N–H and O–H groups in total. The first-order valence-electron chi connectivity index (χ1n) is 7.37. The number of hydrogen-bond donors (Lipinski definition) is 3. The Morgan fingerprint density at radius 1 is 1.45 bits per heavy atom. The zero-order valence-electron chi connectivity index (χ0n) is 12.0. The van der Waals surface area contributed by atoms with Crippen molar-refractivity contribution < 1.29 is 9.90 Å². The summed E-state index contributed by atoms with van der Waals surface area (Å²) in [6.45, 7) is 2.78. The lowest BCUT2D eigenvalue weighted by Gasteiger charge is -2.18. The van der Waals surface area contributed by atoms with Crippen molar-refractivity contribution in [3.8, 4) is 0 Å². The molecule has 0 aromatic heterocycles. The lowest BCUT2D eigenvalue weighted by atomic mass is 10.0. The van der Waals surface area contributed by atoms with Gasteiger partial charge in [-0.1, -0.05) is 31.2 Å². The molecule has 3 atom stereocenters. The summed E-state index contributed by atoms with van der Waals surface area (Å²) < 4.78 is 0. The first kappa shape index (κ1) is 15.0. The fraction of sp³-hybridized carbons (Fsp3) is 0.562. The molecule has 1 unspecified atom stereocenters. The largest absolute Gasteiger partial charge is 0.390 e. The van der Waals surface area contributed by atoms with Gasteiger partial charge in [0.15, 0.2) is 0 Å². The maximum Gasteiger partial charge on any atom is 0.220 e. The number of aliphatic hydroxyl groups is 1. The molecular formula is C16H24N2O2. The molecule has 0 aliphatic heterocycles. The Labute approximate surface area is 120 Å². The van der Waals surface area contributed by atoms with Gasteiger partial charge in [-0.15, -0.1) is 0 Å². The fourth-order valence-electron chi connectivity index (χ4n) is 2.80. The molecule has 1 aliphatic carbocycles. The molecule has 4 nitrogen and oxygen atoms in total. The van der Waals surface area contributed by atoms with Gasteiger partial charge in [-0.05, 0) is 36.4 Å². The van der Waals surface area contributed by atoms with Gasteiger partial charge >= 0.3 is 0 Å². The van der Waals surface area contributed by atoms with E-state index in [4.69, 9.17) is 5.73 Å². The summed E-state index contributed by atoms with van der Waals surface area (Å²) in [6.07, 6.45) is 2.38. The SMILES string of the molecule is CC(CCN)CCC(=O)N[C@@H]1c2ccccc2C[C@@H]1O. The van der Waals surface area contributed by atoms with Crippen LogP contribution in [0.1, 0.15) is 43.4 Å². The quantitative estimate of drug-likeness (QED) is 0.737. The van der Waals surface area contributed by atoms with Crippen molar-refractivity contribution in [3.05, 3.63) is 35.4 Å². The molecular weight excluding hydrogens is 252 g/mol. The summed E-state index contributed by atoms with van der Waals surface area (Å²) in [5.41, 5.74) is 7.68. The Kier molecular flexibility index (Phi) is 5.15. The zero-order chi connectivity index (χ0) is 14.5. The van der Waals surface area contributed by atoms with Crippen LogP contribution in [-0.4, -0.2) is 23.7 Å². The minimum Gasteiger partial charge on any atom is -0.390 e. The molecule has 1 amide bonds. The molecule has 0 bridgehead atoms. The van der Waals surface area contributed by atoms with Crippen LogP contribution < -0.4 is 11.1 Å². The Hall–Kier alpha value is -1.39. The third-order valence-electron chi connectivity index (χ3n) is 4.04. The highest BCUT2D eigenvalue weighted by Crippen LogP contribution is 2.31. The summed E-state index contributed by atoms with van der Waals surface area (Å²) >= 11 is 0. The van der Waals surface area contributed by atoms with Gasteiger partial charge in [-0.2, -0.15) is 0 Å². The van der Waals surface area contributed by atoms with Gasteiger partial charge in [0.1, 0.15) is 0 Å². The van der Waals surface area contributed by atoms with E-state index < -0.39 is 6.10 Å². The third-order valence-corrected chi connectivity index (χ3v) is 4.04. The average Bonchev–Trinajstić information content (AvgIpc) is 2.73. The van der Waals surface area contributed by atoms with Gasteiger partial charge in [-0.3, -0.25) is 4.79 Å². The van der Waals surface area contributed by atoms with Crippen molar-refractivity contribution in [2.45, 2.75) is 44.8 Å². The molecule has 1 aromatic rings. The fourth-order valence-corrected chi connectivity index (χ4v) is 2.80. The summed E-state index contributed by atoms with van der Waals surface area (Å²) in [7, 11) is 0. The van der Waals surface area contributed by atoms with E-state index in [0.717, 1.165) is 24.0 Å². The molecule has 0 saturated heterocycles. The Morgan fingerprint density at radius 2 is 2.20 bits per heavy atom. The standard InChI is InChI=1S/C16H24N2O2/c1-11(8-9-17)6-7-15(20)18-16-13-5-3-2-4-12(13)10-14(16)19/h2-5,11,14,16,19H,6-10,17H2,1H3,(H,18,20)/t11?,14-,16+/m0/s1. The van der Waals surface area contributed by atoms with E-state index in [-0.39, 0.29) is 11.9 Å². The van der Waals surface area contributed by atoms with Crippen molar-refractivity contribution in [2.24, 2.45) is 11.7 Å². The van der Waals surface area contributed by atoms with Gasteiger partial charge < -0.3 is 16.2 Å². The van der Waals surface area contributed by atoms with Crippen molar-refractivity contribution in [3.63, 3.8) is 0 Å². The molecule has 1 aliphatic rings. The number of rotatable bonds is 6. The number of hydrogen-bond acceptors (Lipinski definition) is 3. The maximum atomic E-state index is 12.0. The second-order valence-corrected chi connectivity index (χ2v) is 5.74. The number of benzene rings is 1. The van der Waals surface area contributed by atoms with Crippen LogP contribution >= 0.6 is 0 Å². The van der Waals surface area contributed by atoms with Gasteiger partial charge in [0.25, 0.3) is 0 Å². The van der Waals surface area contributed by atoms with E-state index in [9.17, 15) is 9.90 Å². The van der Waals surface area contributed by atoms with Crippen LogP contribution in [0.4, 0.5) is 0 Å². The number of carbonyl (C=O) groups excluding carboxylic acids is 1. The van der Waals surface area contributed by atoms with Gasteiger partial charge in [-0.25, -0.2) is 0 Å². The minimum atomic E-state index is -0.516. The first-order chi connectivity index (χ1) is 9.61. The predicted octanol–water partition coefficient (Wildman–Crippen LogP) is 1.53. The lowest BCUT2D eigenvalue weighted by molar-refractivity contribution is -0.122. The van der Waals surface area contributed by atoms with Crippen molar-refractivity contribution in [1.82, 2.24) is 5.32 Å². The molecule has 1 aromatic carbocycles. The highest BCUT2D eigenvalue weighted by atomic mass is 16.3. The van der Waals surface area contributed by atoms with Crippen LogP contribution in [-0.2, 0) is 11.2 Å². The lowest BCUT2D eigenvalue weighted by Crippen LogP contribution is -2.33. The summed E-state index contributed by atoms with van der Waals surface area (Å²) in [5.74, 6) is 0.473. The minimum absolute atomic E-state index is 0.00891. The van der Waals surface area contributed by atoms with Crippen LogP contribution in [0.3, 0.4) is 0 Å². The van der Waals surface area contributed by atoms with Crippen molar-refractivity contribution >= 4 is 5.91 Å². The number of fused-ring (bicyclic) bond motifs is 1. The van der Waals surface area contributed by atoms with Gasteiger partial charge in [0, 0.05) is 12.8 Å². The maximum absolute atomic E-state index is 12.0. The van der Waals surface area contributed by atoms with Crippen LogP contribution in [0.2, 0.25) is 0 Å². The van der Waals surface area contributed by atoms with Crippen LogP contribution in [0.15, 0.2) is 24.3 Å². The average molecular weight is 276 g/mol. The van der Waals surface area contributed by atoms with E-state index in [1.54, 1.807) is 0 Å². The summed E-state index contributed by atoms with van der Waals surface area (Å²) in [6, 6.07) is 7.63. The van der Waals surface area contributed by atoms with Crippen LogP contribution in [0.25, 0.3) is 0 Å². The van der Waals surface area contributed by atoms with Crippen LogP contribution in [0, 0.1) is 5.92 Å². The topological polar surface area (TPSA) is 75.4 Å². The zero-order valence-corrected chi connectivity index (χ0v) is 12.0. The molecule has 20 heavy (non-hydrogen) atoms. The van der Waals surface area contributed by atoms with E-state index in [1.165, 1.54) is 0 Å². The number of nitrogens with one attached hydrogen (secondary N) is 1. The molecule has 4 heteroatoms. The second-order valence-electron chi connectivity index (χ2n) is 5.74. The number of carbonyl (C=O) groups is 1. The smallest absolute Gasteiger partial charge is 0.220 e. The Morgan fingerprint density at radius 3 is 2.95 bits per heavy atom. The molecule has 110 valence electrons. The predicted molar refractivity (Wildman–Crippen MR) is 79.1 cm³/mol. The molecule has 2 rings (SSSR count). The highest BCUT2D eigenvalue weighted by Gasteiger charge is 2.31. The molecule has 0 saturated carbocycles. The number of amides is 1. The summed E-state index contributed by atoms with van der Waals surface area (Å²) in [5, 5.41) is 13.1. The first-order valence-corrected chi connectivity index (χ1v) is 7.37. The van der Waals surface area contributed by atoms with Gasteiger partial charge in [0.2, 0.25) is 5.91 Å².